The van der Waals surface area contributed by atoms with Gasteiger partial charge in [-0.05, 0) is 44.0 Å². The standard InChI is InChI=1S/C22H28N2O5S2/c1-3-24-13-12-17-18(15-24)30-21(20(17)22(26)29-4-2)23-19(25)11-8-14-31(27,28)16-9-6-5-7-10-16/h5-7,9-10H,3-4,8,11-15H2,1-2H3,(H,23,25). The van der Waals surface area contributed by atoms with Gasteiger partial charge in [-0.3, -0.25) is 9.69 Å². The van der Waals surface area contributed by atoms with E-state index < -0.39 is 15.8 Å². The summed E-state index contributed by atoms with van der Waals surface area (Å²) in [7, 11) is -3.43. The van der Waals surface area contributed by atoms with Gasteiger partial charge >= 0.3 is 5.97 Å². The molecule has 1 aliphatic heterocycles. The minimum absolute atomic E-state index is 0.0536. The second-order valence-corrected chi connectivity index (χ2v) is 10.5. The van der Waals surface area contributed by atoms with Gasteiger partial charge in [0.1, 0.15) is 5.00 Å². The van der Waals surface area contributed by atoms with Crippen molar-refractivity contribution in [3.8, 4) is 0 Å². The zero-order chi connectivity index (χ0) is 22.4. The lowest BCUT2D eigenvalue weighted by Crippen LogP contribution is -2.30. The molecule has 7 nitrogen and oxygen atoms in total. The molecule has 3 rings (SSSR count). The van der Waals surface area contributed by atoms with Crippen LogP contribution >= 0.6 is 11.3 Å². The van der Waals surface area contributed by atoms with Crippen LogP contribution in [0.1, 0.15) is 47.5 Å². The second-order valence-electron chi connectivity index (χ2n) is 7.33. The van der Waals surface area contributed by atoms with Crippen molar-refractivity contribution < 1.29 is 22.7 Å². The SMILES string of the molecule is CCOC(=O)c1c(NC(=O)CCCS(=O)(=O)c2ccccc2)sc2c1CCN(CC)C2. The lowest BCUT2D eigenvalue weighted by Gasteiger charge is -2.25. The molecule has 0 unspecified atom stereocenters. The minimum Gasteiger partial charge on any atom is -0.462 e. The van der Waals surface area contributed by atoms with Crippen LogP contribution in [0.5, 0.6) is 0 Å². The van der Waals surface area contributed by atoms with E-state index in [1.165, 1.54) is 11.3 Å². The Hall–Kier alpha value is -2.23. The molecule has 1 aromatic heterocycles. The smallest absolute Gasteiger partial charge is 0.341 e. The zero-order valence-corrected chi connectivity index (χ0v) is 19.5. The highest BCUT2D eigenvalue weighted by atomic mass is 32.2. The summed E-state index contributed by atoms with van der Waals surface area (Å²) in [4.78, 5) is 28.7. The molecule has 0 saturated carbocycles. The molecule has 1 N–H and O–H groups in total. The second kappa shape index (κ2) is 10.4. The van der Waals surface area contributed by atoms with Crippen LogP contribution < -0.4 is 5.32 Å². The van der Waals surface area contributed by atoms with E-state index in [2.05, 4.69) is 17.1 Å². The van der Waals surface area contributed by atoms with E-state index in [0.717, 1.165) is 36.5 Å². The fourth-order valence-electron chi connectivity index (χ4n) is 3.59. The Morgan fingerprint density at radius 3 is 2.61 bits per heavy atom. The number of carbonyl (C=O) groups excluding carboxylic acids is 2. The van der Waals surface area contributed by atoms with Crippen molar-refractivity contribution in [2.75, 3.05) is 30.8 Å². The fourth-order valence-corrected chi connectivity index (χ4v) is 6.22. The maximum Gasteiger partial charge on any atom is 0.341 e. The van der Waals surface area contributed by atoms with Gasteiger partial charge in [0.2, 0.25) is 5.91 Å². The maximum absolute atomic E-state index is 12.6. The number of amides is 1. The van der Waals surface area contributed by atoms with Crippen LogP contribution in [0.4, 0.5) is 5.00 Å². The van der Waals surface area contributed by atoms with Gasteiger partial charge in [0.15, 0.2) is 9.84 Å². The molecular weight excluding hydrogens is 436 g/mol. The van der Waals surface area contributed by atoms with Crippen LogP contribution in [-0.2, 0) is 32.3 Å². The number of hydrogen-bond donors (Lipinski definition) is 1. The first-order valence-electron chi connectivity index (χ1n) is 10.5. The van der Waals surface area contributed by atoms with Crippen molar-refractivity contribution in [1.82, 2.24) is 4.90 Å². The van der Waals surface area contributed by atoms with E-state index in [9.17, 15) is 18.0 Å². The van der Waals surface area contributed by atoms with Gasteiger partial charge in [-0.1, -0.05) is 25.1 Å². The molecule has 0 saturated heterocycles. The number of hydrogen-bond acceptors (Lipinski definition) is 7. The van der Waals surface area contributed by atoms with Gasteiger partial charge in [-0.2, -0.15) is 0 Å². The number of nitrogens with zero attached hydrogens (tertiary/aromatic N) is 1. The summed E-state index contributed by atoms with van der Waals surface area (Å²) in [5, 5.41) is 3.33. The van der Waals surface area contributed by atoms with E-state index >= 15 is 0 Å². The molecule has 0 spiro atoms. The van der Waals surface area contributed by atoms with E-state index in [-0.39, 0.29) is 36.0 Å². The number of sulfone groups is 1. The molecule has 168 valence electrons. The number of likely N-dealkylation sites (N-methyl/N-ethyl adjacent to an activating group) is 1. The summed E-state index contributed by atoms with van der Waals surface area (Å²) in [5.41, 5.74) is 1.40. The number of rotatable bonds is 9. The Kier molecular flexibility index (Phi) is 7.85. The molecule has 0 bridgehead atoms. The maximum atomic E-state index is 12.6. The third kappa shape index (κ3) is 5.72. The highest BCUT2D eigenvalue weighted by Crippen LogP contribution is 2.37. The van der Waals surface area contributed by atoms with Crippen molar-refractivity contribution in [2.45, 2.75) is 44.6 Å². The van der Waals surface area contributed by atoms with Gasteiger partial charge in [0.25, 0.3) is 0 Å². The average molecular weight is 465 g/mol. The summed E-state index contributed by atoms with van der Waals surface area (Å²) in [6, 6.07) is 8.21. The highest BCUT2D eigenvalue weighted by molar-refractivity contribution is 7.91. The van der Waals surface area contributed by atoms with Crippen molar-refractivity contribution in [3.05, 3.63) is 46.3 Å². The number of carbonyl (C=O) groups is 2. The Morgan fingerprint density at radius 1 is 1.19 bits per heavy atom. The first-order valence-corrected chi connectivity index (χ1v) is 12.9. The molecule has 1 aromatic carbocycles. The number of ether oxygens (including phenoxy) is 1. The summed E-state index contributed by atoms with van der Waals surface area (Å²) in [6.07, 6.45) is 0.990. The average Bonchev–Trinajstić information content (AvgIpc) is 3.11. The number of anilines is 1. The van der Waals surface area contributed by atoms with Crippen LogP contribution in [0.15, 0.2) is 35.2 Å². The van der Waals surface area contributed by atoms with Crippen molar-refractivity contribution in [1.29, 1.82) is 0 Å². The van der Waals surface area contributed by atoms with Gasteiger partial charge in [-0.15, -0.1) is 11.3 Å². The Labute approximate surface area is 187 Å². The first kappa shape index (κ1) is 23.4. The lowest BCUT2D eigenvalue weighted by molar-refractivity contribution is -0.116. The van der Waals surface area contributed by atoms with Crippen molar-refractivity contribution in [2.24, 2.45) is 0 Å². The Bertz CT molecular complexity index is 1030. The van der Waals surface area contributed by atoms with Gasteiger partial charge in [0, 0.05) is 24.4 Å². The highest BCUT2D eigenvalue weighted by Gasteiger charge is 2.29. The molecule has 2 heterocycles. The summed E-state index contributed by atoms with van der Waals surface area (Å²) in [5.74, 6) is -0.840. The van der Waals surface area contributed by atoms with Gasteiger partial charge in [-0.25, -0.2) is 13.2 Å². The predicted molar refractivity (Wildman–Crippen MR) is 121 cm³/mol. The molecule has 0 aliphatic carbocycles. The monoisotopic (exact) mass is 464 g/mol. The van der Waals surface area contributed by atoms with Crippen LogP contribution in [0.2, 0.25) is 0 Å². The molecule has 9 heteroatoms. The van der Waals surface area contributed by atoms with Crippen molar-refractivity contribution in [3.63, 3.8) is 0 Å². The summed E-state index contributed by atoms with van der Waals surface area (Å²) in [6.45, 7) is 6.63. The van der Waals surface area contributed by atoms with Crippen molar-refractivity contribution >= 4 is 38.1 Å². The van der Waals surface area contributed by atoms with E-state index in [4.69, 9.17) is 4.74 Å². The van der Waals surface area contributed by atoms with Crippen LogP contribution in [0, 0.1) is 0 Å². The number of nitrogens with one attached hydrogen (secondary N) is 1. The molecular formula is C22H28N2O5S2. The number of benzene rings is 1. The quantitative estimate of drug-likeness (QED) is 0.571. The Morgan fingerprint density at radius 2 is 1.94 bits per heavy atom. The molecule has 31 heavy (non-hydrogen) atoms. The third-order valence-electron chi connectivity index (χ3n) is 5.23. The van der Waals surface area contributed by atoms with Crippen LogP contribution in [-0.4, -0.2) is 50.6 Å². The number of esters is 1. The van der Waals surface area contributed by atoms with E-state index in [1.54, 1.807) is 37.3 Å². The zero-order valence-electron chi connectivity index (χ0n) is 17.8. The number of thiophene rings is 1. The molecule has 1 amide bonds. The molecule has 0 fully saturated rings. The molecule has 1 aliphatic rings. The third-order valence-corrected chi connectivity index (χ3v) is 8.18. The van der Waals surface area contributed by atoms with E-state index in [0.29, 0.717) is 10.6 Å². The fraction of sp³-hybridized carbons (Fsp3) is 0.455. The topological polar surface area (TPSA) is 92.8 Å². The predicted octanol–water partition coefficient (Wildman–Crippen LogP) is 3.50. The number of fused-ring (bicyclic) bond motifs is 1. The molecule has 0 radical (unpaired) electrons. The van der Waals surface area contributed by atoms with Gasteiger partial charge < -0.3 is 10.1 Å². The minimum atomic E-state index is -3.43. The van der Waals surface area contributed by atoms with E-state index in [1.807, 2.05) is 0 Å². The van der Waals surface area contributed by atoms with Crippen LogP contribution in [0.3, 0.4) is 0 Å². The summed E-state index contributed by atoms with van der Waals surface area (Å²) < 4.78 is 30.0. The molecule has 2 aromatic rings. The van der Waals surface area contributed by atoms with Gasteiger partial charge in [0.05, 0.1) is 22.8 Å². The lowest BCUT2D eigenvalue weighted by atomic mass is 10.0. The largest absolute Gasteiger partial charge is 0.462 e. The summed E-state index contributed by atoms with van der Waals surface area (Å²) >= 11 is 1.41. The normalized spacial score (nSPS) is 14.1. The van der Waals surface area contributed by atoms with Crippen LogP contribution in [0.25, 0.3) is 0 Å². The Balaban J connectivity index is 1.68. The molecule has 0 atom stereocenters. The first-order chi connectivity index (χ1) is 14.9.